The van der Waals surface area contributed by atoms with Gasteiger partial charge in [-0.2, -0.15) is 0 Å². The SMILES string of the molecule is O=[Si]([O-])[O-].[Ca+2].[Ca+2].[O]=[Zr]([O-])[O-]. The van der Waals surface area contributed by atoms with Crippen molar-refractivity contribution >= 4 is 84.6 Å². The molecule has 0 bridgehead atoms. The van der Waals surface area contributed by atoms with Gasteiger partial charge in [0.2, 0.25) is 0 Å². The molecule has 0 aromatic rings. The van der Waals surface area contributed by atoms with E-state index in [2.05, 4.69) is 0 Å². The number of rotatable bonds is 0. The minimum absolute atomic E-state index is 0. The molecule has 0 saturated heterocycles. The molecular weight excluding hydrogens is 295 g/mol. The molecule has 0 atom stereocenters. The van der Waals surface area contributed by atoms with Crippen LogP contribution in [0, 0.1) is 0 Å². The van der Waals surface area contributed by atoms with Crippen LogP contribution in [0.5, 0.6) is 0 Å². The van der Waals surface area contributed by atoms with E-state index in [4.69, 9.17) is 23.2 Å². The first-order valence-corrected chi connectivity index (χ1v) is 5.46. The van der Waals surface area contributed by atoms with Crippen molar-refractivity contribution in [1.82, 2.24) is 0 Å². The van der Waals surface area contributed by atoms with Crippen LogP contribution < -0.4 is 16.0 Å². The van der Waals surface area contributed by atoms with Gasteiger partial charge >= 0.3 is 107 Å². The maximum absolute atomic E-state index is 8.61. The molecule has 0 aliphatic heterocycles. The van der Waals surface area contributed by atoms with Crippen LogP contribution >= 0.6 is 0 Å². The van der Waals surface area contributed by atoms with Gasteiger partial charge in [0.25, 0.3) is 0 Å². The van der Waals surface area contributed by atoms with Crippen LogP contribution in [-0.4, -0.2) is 84.6 Å². The van der Waals surface area contributed by atoms with Gasteiger partial charge in [-0.05, 0) is 0 Å². The molecule has 0 amide bonds. The van der Waals surface area contributed by atoms with Crippen molar-refractivity contribution in [1.29, 1.82) is 0 Å². The van der Waals surface area contributed by atoms with Gasteiger partial charge in [-0.25, -0.2) is 0 Å². The molecule has 0 fully saturated rings. The molecule has 10 heteroatoms. The first kappa shape index (κ1) is 23.0. The molecule has 0 unspecified atom stereocenters. The molecule has 0 rings (SSSR count). The Bertz CT molecular complexity index is 73.7. The Labute approximate surface area is 128 Å². The second-order valence-corrected chi connectivity index (χ2v) is 2.23. The molecule has 48 valence electrons. The van der Waals surface area contributed by atoms with Crippen LogP contribution in [0.1, 0.15) is 0 Å². The average molecular weight is 295 g/mol. The topological polar surface area (TPSA) is 126 Å². The summed E-state index contributed by atoms with van der Waals surface area (Å²) >= 11 is -4.29. The fourth-order valence-electron chi connectivity index (χ4n) is 0. The standard InChI is InChI=1S/2Ca.O3Si.3O.Zr/c;;1-4(2)3;;;;/q2*+2;-2;;2*-1;. The van der Waals surface area contributed by atoms with E-state index < -0.39 is 31.8 Å². The van der Waals surface area contributed by atoms with Crippen LogP contribution in [0.25, 0.3) is 0 Å². The van der Waals surface area contributed by atoms with E-state index in [0.717, 1.165) is 0 Å². The van der Waals surface area contributed by atoms with Crippen molar-refractivity contribution in [3.8, 4) is 0 Å². The quantitative estimate of drug-likeness (QED) is 0.409. The molecule has 0 saturated carbocycles. The zero-order chi connectivity index (χ0) is 7.15. The van der Waals surface area contributed by atoms with E-state index in [1.165, 1.54) is 0 Å². The van der Waals surface area contributed by atoms with Crippen molar-refractivity contribution in [3.63, 3.8) is 0 Å². The molecule has 0 N–H and O–H groups in total. The Morgan fingerprint density at radius 1 is 1.10 bits per heavy atom. The van der Waals surface area contributed by atoms with Crippen LogP contribution in [0.3, 0.4) is 0 Å². The van der Waals surface area contributed by atoms with Gasteiger partial charge < -0.3 is 14.1 Å². The van der Waals surface area contributed by atoms with E-state index in [1.807, 2.05) is 0 Å². The zero-order valence-corrected chi connectivity index (χ0v) is 12.7. The molecule has 0 aromatic carbocycles. The predicted molar refractivity (Wildman–Crippen MR) is 18.6 cm³/mol. The van der Waals surface area contributed by atoms with Crippen LogP contribution in [0.4, 0.5) is 0 Å². The molecule has 0 aliphatic rings. The Kier molecular flexibility index (Phi) is 40.7. The fourth-order valence-corrected chi connectivity index (χ4v) is 0. The molecular formula is Ca2O6SiZr. The van der Waals surface area contributed by atoms with Gasteiger partial charge in [-0.15, -0.1) is 0 Å². The Balaban J connectivity index is -0.0000000300. The maximum atomic E-state index is 8.61. The fraction of sp³-hybridized carbons (Fsp3) is 0. The van der Waals surface area contributed by atoms with Gasteiger partial charge in [0, 0.05) is 9.17 Å². The average Bonchev–Trinajstić information content (AvgIpc) is 1.25. The first-order valence-electron chi connectivity index (χ1n) is 1.22. The number of hydrogen-bond acceptors (Lipinski definition) is 6. The second kappa shape index (κ2) is 17.7. The third-order valence-electron chi connectivity index (χ3n) is 0. The summed E-state index contributed by atoms with van der Waals surface area (Å²) in [6.07, 6.45) is 0. The molecule has 0 aliphatic carbocycles. The monoisotopic (exact) mass is 294 g/mol. The van der Waals surface area contributed by atoms with Crippen molar-refractivity contribution in [2.75, 3.05) is 0 Å². The summed E-state index contributed by atoms with van der Waals surface area (Å²) in [6, 6.07) is 0. The van der Waals surface area contributed by atoms with Crippen molar-refractivity contribution < 1.29 is 45.9 Å². The van der Waals surface area contributed by atoms with E-state index in [9.17, 15) is 0 Å². The van der Waals surface area contributed by atoms with Gasteiger partial charge in [0.15, 0.2) is 0 Å². The van der Waals surface area contributed by atoms with E-state index >= 15 is 0 Å². The zero-order valence-electron chi connectivity index (χ0n) is 4.86. The third kappa shape index (κ3) is 136. The van der Waals surface area contributed by atoms with E-state index in [0.29, 0.717) is 0 Å². The predicted octanol–water partition coefficient (Wildman–Crippen LogP) is -6.14. The van der Waals surface area contributed by atoms with Crippen LogP contribution in [-0.2, 0) is 29.9 Å². The Hall–Kier alpha value is 2.74. The molecule has 0 radical (unpaired) electrons. The van der Waals surface area contributed by atoms with Crippen LogP contribution in [0.15, 0.2) is 0 Å². The normalized spacial score (nSPS) is 5.00. The second-order valence-electron chi connectivity index (χ2n) is 0.500. The Morgan fingerprint density at radius 3 is 1.10 bits per heavy atom. The molecule has 0 heterocycles. The van der Waals surface area contributed by atoms with E-state index in [-0.39, 0.29) is 75.5 Å². The molecule has 6 nitrogen and oxygen atoms in total. The first-order chi connectivity index (χ1) is 3.46. The van der Waals surface area contributed by atoms with Gasteiger partial charge in [0.05, 0.1) is 0 Å². The molecule has 0 spiro atoms. The van der Waals surface area contributed by atoms with Crippen molar-refractivity contribution in [2.24, 2.45) is 0 Å². The molecule has 10 heavy (non-hydrogen) atoms. The summed E-state index contributed by atoms with van der Waals surface area (Å²) in [5.41, 5.74) is 0. The van der Waals surface area contributed by atoms with Crippen molar-refractivity contribution in [3.05, 3.63) is 0 Å². The van der Waals surface area contributed by atoms with Gasteiger partial charge in [0.1, 0.15) is 0 Å². The van der Waals surface area contributed by atoms with Crippen molar-refractivity contribution in [2.45, 2.75) is 0 Å². The summed E-state index contributed by atoms with van der Waals surface area (Å²) in [5.74, 6) is 0. The summed E-state index contributed by atoms with van der Waals surface area (Å²) in [6.45, 7) is 0. The minimum atomic E-state index is -4.29. The summed E-state index contributed by atoms with van der Waals surface area (Å²) in [5, 5.41) is 0. The van der Waals surface area contributed by atoms with Crippen LogP contribution in [0.2, 0.25) is 0 Å². The summed E-state index contributed by atoms with van der Waals surface area (Å²) in [7, 11) is -3.63. The van der Waals surface area contributed by atoms with Gasteiger partial charge in [-0.3, -0.25) is 0 Å². The molecule has 0 aromatic heterocycles. The van der Waals surface area contributed by atoms with Gasteiger partial charge in [-0.1, -0.05) is 0 Å². The Morgan fingerprint density at radius 2 is 1.10 bits per heavy atom. The van der Waals surface area contributed by atoms with E-state index in [1.54, 1.807) is 0 Å². The summed E-state index contributed by atoms with van der Waals surface area (Å²) < 4.78 is 34.4. The number of hydrogen-bond donors (Lipinski definition) is 0. The third-order valence-corrected chi connectivity index (χ3v) is 0. The summed E-state index contributed by atoms with van der Waals surface area (Å²) in [4.78, 5) is 17.0.